The first-order valence-corrected chi connectivity index (χ1v) is 6.61. The van der Waals surface area contributed by atoms with E-state index in [1.165, 1.54) is 28.4 Å². The van der Waals surface area contributed by atoms with Crippen molar-refractivity contribution in [2.45, 2.75) is 13.5 Å². The van der Waals surface area contributed by atoms with Crippen LogP contribution in [-0.2, 0) is 6.54 Å². The van der Waals surface area contributed by atoms with Crippen LogP contribution in [0.1, 0.15) is 21.6 Å². The first-order chi connectivity index (χ1) is 8.99. The summed E-state index contributed by atoms with van der Waals surface area (Å²) in [6, 6.07) is 2.71. The number of benzene rings is 1. The Morgan fingerprint density at radius 1 is 1.53 bits per heavy atom. The second kappa shape index (κ2) is 5.36. The summed E-state index contributed by atoms with van der Waals surface area (Å²) in [6.45, 7) is 1.97. The molecule has 1 amide bonds. The van der Waals surface area contributed by atoms with Gasteiger partial charge in [0.15, 0.2) is 0 Å². The largest absolute Gasteiger partial charge is 0.398 e. The van der Waals surface area contributed by atoms with Crippen LogP contribution in [0.5, 0.6) is 0 Å². The third-order valence-corrected chi connectivity index (χ3v) is 3.50. The van der Waals surface area contributed by atoms with Crippen molar-refractivity contribution in [1.29, 1.82) is 0 Å². The van der Waals surface area contributed by atoms with Gasteiger partial charge < -0.3 is 10.6 Å². The molecule has 1 heterocycles. The summed E-state index contributed by atoms with van der Waals surface area (Å²) >= 11 is 1.47. The van der Waals surface area contributed by atoms with Gasteiger partial charge in [0.05, 0.1) is 17.7 Å². The van der Waals surface area contributed by atoms with Crippen molar-refractivity contribution in [3.05, 3.63) is 45.7 Å². The number of aromatic nitrogens is 1. The molecule has 0 spiro atoms. The van der Waals surface area contributed by atoms with Crippen molar-refractivity contribution >= 4 is 22.9 Å². The first kappa shape index (κ1) is 13.5. The van der Waals surface area contributed by atoms with Gasteiger partial charge in [-0.3, -0.25) is 4.79 Å². The molecule has 2 N–H and O–H groups in total. The standard InChI is InChI=1S/C13H14FN3OS/c1-8-11(14)3-9(4-12(8)15)13(18)17(2)5-10-6-19-7-16-10/h3-4,6-7H,5,15H2,1-2H3. The molecule has 2 rings (SSSR count). The van der Waals surface area contributed by atoms with E-state index in [1.54, 1.807) is 19.5 Å². The number of rotatable bonds is 3. The molecule has 4 nitrogen and oxygen atoms in total. The maximum atomic E-state index is 13.6. The van der Waals surface area contributed by atoms with E-state index in [0.717, 1.165) is 5.69 Å². The number of nitrogens with two attached hydrogens (primary N) is 1. The van der Waals surface area contributed by atoms with Gasteiger partial charge in [-0.1, -0.05) is 0 Å². The fourth-order valence-electron chi connectivity index (χ4n) is 1.67. The lowest BCUT2D eigenvalue weighted by Crippen LogP contribution is -2.26. The predicted molar refractivity (Wildman–Crippen MR) is 73.5 cm³/mol. The molecule has 19 heavy (non-hydrogen) atoms. The van der Waals surface area contributed by atoms with Crippen LogP contribution in [0.25, 0.3) is 0 Å². The number of nitrogens with zero attached hydrogens (tertiary/aromatic N) is 2. The van der Waals surface area contributed by atoms with Gasteiger partial charge in [-0.05, 0) is 19.1 Å². The van der Waals surface area contributed by atoms with Crippen LogP contribution in [-0.4, -0.2) is 22.8 Å². The fourth-order valence-corrected chi connectivity index (χ4v) is 2.22. The van der Waals surface area contributed by atoms with Crippen LogP contribution < -0.4 is 5.73 Å². The molecule has 0 atom stereocenters. The van der Waals surface area contributed by atoms with E-state index in [-0.39, 0.29) is 17.2 Å². The second-order valence-corrected chi connectivity index (χ2v) is 5.03. The number of thiazole rings is 1. The summed E-state index contributed by atoms with van der Waals surface area (Å²) in [5, 5.41) is 1.87. The van der Waals surface area contributed by atoms with Crippen molar-refractivity contribution in [1.82, 2.24) is 9.88 Å². The summed E-state index contributed by atoms with van der Waals surface area (Å²) in [4.78, 5) is 17.8. The molecule has 100 valence electrons. The smallest absolute Gasteiger partial charge is 0.254 e. The highest BCUT2D eigenvalue weighted by Crippen LogP contribution is 2.19. The lowest BCUT2D eigenvalue weighted by atomic mass is 10.1. The van der Waals surface area contributed by atoms with E-state index >= 15 is 0 Å². The van der Waals surface area contributed by atoms with Gasteiger partial charge in [-0.2, -0.15) is 0 Å². The van der Waals surface area contributed by atoms with Gasteiger partial charge in [0.25, 0.3) is 5.91 Å². The Morgan fingerprint density at radius 2 is 2.26 bits per heavy atom. The number of anilines is 1. The minimum atomic E-state index is -0.467. The summed E-state index contributed by atoms with van der Waals surface area (Å²) in [7, 11) is 1.65. The van der Waals surface area contributed by atoms with Gasteiger partial charge in [-0.25, -0.2) is 9.37 Å². The van der Waals surface area contributed by atoms with Gasteiger partial charge in [0, 0.05) is 29.2 Å². The molecule has 0 saturated carbocycles. The highest BCUT2D eigenvalue weighted by molar-refractivity contribution is 7.07. The average Bonchev–Trinajstić information content (AvgIpc) is 2.87. The Bertz CT molecular complexity index is 575. The molecule has 0 aliphatic carbocycles. The zero-order chi connectivity index (χ0) is 14.0. The molecule has 1 aromatic carbocycles. The molecule has 0 radical (unpaired) electrons. The fraction of sp³-hybridized carbons (Fsp3) is 0.231. The van der Waals surface area contributed by atoms with Crippen LogP contribution in [0.3, 0.4) is 0 Å². The van der Waals surface area contributed by atoms with Crippen LogP contribution in [0.4, 0.5) is 10.1 Å². The maximum Gasteiger partial charge on any atom is 0.254 e. The molecule has 0 bridgehead atoms. The van der Waals surface area contributed by atoms with Gasteiger partial charge >= 0.3 is 0 Å². The monoisotopic (exact) mass is 279 g/mol. The maximum absolute atomic E-state index is 13.6. The van der Waals surface area contributed by atoms with Gasteiger partial charge in [-0.15, -0.1) is 11.3 Å². The van der Waals surface area contributed by atoms with Crippen molar-refractivity contribution < 1.29 is 9.18 Å². The Labute approximate surface area is 114 Å². The summed E-state index contributed by atoms with van der Waals surface area (Å²) in [5.41, 5.74) is 9.08. The Balaban J connectivity index is 2.19. The molecule has 0 unspecified atom stereocenters. The second-order valence-electron chi connectivity index (χ2n) is 4.31. The van der Waals surface area contributed by atoms with E-state index in [9.17, 15) is 9.18 Å². The minimum absolute atomic E-state index is 0.248. The molecule has 0 saturated heterocycles. The molecule has 0 fully saturated rings. The Kier molecular flexibility index (Phi) is 3.80. The number of nitrogen functional groups attached to an aromatic ring is 1. The number of amides is 1. The van der Waals surface area contributed by atoms with Crippen molar-refractivity contribution in [3.63, 3.8) is 0 Å². The third-order valence-electron chi connectivity index (χ3n) is 2.86. The lowest BCUT2D eigenvalue weighted by Gasteiger charge is -2.16. The highest BCUT2D eigenvalue weighted by atomic mass is 32.1. The minimum Gasteiger partial charge on any atom is -0.398 e. The third kappa shape index (κ3) is 2.90. The van der Waals surface area contributed by atoms with Crippen molar-refractivity contribution in [2.75, 3.05) is 12.8 Å². The lowest BCUT2D eigenvalue weighted by molar-refractivity contribution is 0.0783. The van der Waals surface area contributed by atoms with Crippen LogP contribution in [0.15, 0.2) is 23.0 Å². The molecule has 1 aromatic heterocycles. The van der Waals surface area contributed by atoms with Crippen molar-refractivity contribution in [2.24, 2.45) is 0 Å². The Morgan fingerprint density at radius 3 is 2.84 bits per heavy atom. The van der Waals surface area contributed by atoms with Crippen LogP contribution in [0.2, 0.25) is 0 Å². The van der Waals surface area contributed by atoms with E-state index in [1.807, 2.05) is 5.38 Å². The number of halogens is 1. The molecule has 0 aliphatic rings. The zero-order valence-corrected chi connectivity index (χ0v) is 11.5. The summed E-state index contributed by atoms with van der Waals surface area (Å²) in [5.74, 6) is -0.746. The molecule has 6 heteroatoms. The number of hydrogen-bond donors (Lipinski definition) is 1. The zero-order valence-electron chi connectivity index (χ0n) is 10.7. The molecule has 2 aromatic rings. The quantitative estimate of drug-likeness (QED) is 0.878. The molecular formula is C13H14FN3OS. The molecule has 0 aliphatic heterocycles. The van der Waals surface area contributed by atoms with E-state index in [4.69, 9.17) is 5.73 Å². The predicted octanol–water partition coefficient (Wildman–Crippen LogP) is 2.45. The van der Waals surface area contributed by atoms with E-state index in [2.05, 4.69) is 4.98 Å². The molecular weight excluding hydrogens is 265 g/mol. The Hall–Kier alpha value is -1.95. The van der Waals surface area contributed by atoms with E-state index in [0.29, 0.717) is 12.1 Å². The average molecular weight is 279 g/mol. The van der Waals surface area contributed by atoms with Crippen LogP contribution >= 0.6 is 11.3 Å². The van der Waals surface area contributed by atoms with Gasteiger partial charge in [0.1, 0.15) is 5.82 Å². The number of hydrogen-bond acceptors (Lipinski definition) is 4. The highest BCUT2D eigenvalue weighted by Gasteiger charge is 2.15. The topological polar surface area (TPSA) is 59.2 Å². The summed E-state index contributed by atoms with van der Waals surface area (Å²) < 4.78 is 13.6. The van der Waals surface area contributed by atoms with Crippen LogP contribution in [0, 0.1) is 12.7 Å². The van der Waals surface area contributed by atoms with Crippen molar-refractivity contribution in [3.8, 4) is 0 Å². The first-order valence-electron chi connectivity index (χ1n) is 5.67. The van der Waals surface area contributed by atoms with Gasteiger partial charge in [0.2, 0.25) is 0 Å². The normalized spacial score (nSPS) is 10.5. The van der Waals surface area contributed by atoms with E-state index < -0.39 is 5.82 Å². The SMILES string of the molecule is Cc1c(N)cc(C(=O)N(C)Cc2cscn2)cc1F. The summed E-state index contributed by atoms with van der Waals surface area (Å²) in [6.07, 6.45) is 0. The number of carbonyl (C=O) groups is 1. The number of carbonyl (C=O) groups excluding carboxylic acids is 1.